The summed E-state index contributed by atoms with van der Waals surface area (Å²) in [5.74, 6) is 0.841. The summed E-state index contributed by atoms with van der Waals surface area (Å²) >= 11 is 0. The van der Waals surface area contributed by atoms with Crippen molar-refractivity contribution >= 4 is 22.9 Å². The predicted octanol–water partition coefficient (Wildman–Crippen LogP) is 0.602. The molecule has 1 aromatic heterocycles. The fourth-order valence-corrected chi connectivity index (χ4v) is 2.27. The molecule has 3 rings (SSSR count). The van der Waals surface area contributed by atoms with Crippen molar-refractivity contribution in [3.63, 3.8) is 0 Å². The summed E-state index contributed by atoms with van der Waals surface area (Å²) in [7, 11) is 1.77. The maximum absolute atomic E-state index is 11.9. The van der Waals surface area contributed by atoms with Crippen molar-refractivity contribution in [2.24, 2.45) is 0 Å². The Morgan fingerprint density at radius 3 is 3.06 bits per heavy atom. The zero-order valence-electron chi connectivity index (χ0n) is 9.68. The maximum Gasteiger partial charge on any atom is 0.243 e. The molecule has 2 heterocycles. The number of nitrogens with zero attached hydrogens (tertiary/aromatic N) is 3. The third-order valence-electron chi connectivity index (χ3n) is 3.05. The van der Waals surface area contributed by atoms with E-state index in [2.05, 4.69) is 14.9 Å². The third-order valence-corrected chi connectivity index (χ3v) is 3.05. The van der Waals surface area contributed by atoms with Crippen LogP contribution < -0.4 is 10.2 Å². The van der Waals surface area contributed by atoms with Crippen LogP contribution in [-0.4, -0.2) is 35.6 Å². The van der Waals surface area contributed by atoms with E-state index in [0.29, 0.717) is 13.1 Å². The minimum Gasteiger partial charge on any atom is -0.311 e. The molecule has 88 valence electrons. The SMILES string of the molecule is CNCC(=O)N1CCn2c1nc1ccccc12. The van der Waals surface area contributed by atoms with Gasteiger partial charge in [0.2, 0.25) is 11.9 Å². The smallest absolute Gasteiger partial charge is 0.243 e. The highest BCUT2D eigenvalue weighted by Crippen LogP contribution is 2.26. The number of hydrogen-bond acceptors (Lipinski definition) is 3. The first-order valence-electron chi connectivity index (χ1n) is 5.71. The molecule has 0 saturated heterocycles. The molecule has 1 aromatic carbocycles. The van der Waals surface area contributed by atoms with Crippen molar-refractivity contribution in [2.45, 2.75) is 6.54 Å². The number of aromatic nitrogens is 2. The Labute approximate surface area is 99.0 Å². The minimum absolute atomic E-state index is 0.0709. The topological polar surface area (TPSA) is 50.2 Å². The third kappa shape index (κ3) is 1.51. The van der Waals surface area contributed by atoms with Gasteiger partial charge in [-0.2, -0.15) is 0 Å². The van der Waals surface area contributed by atoms with Crippen LogP contribution in [0.15, 0.2) is 24.3 Å². The van der Waals surface area contributed by atoms with Crippen molar-refractivity contribution in [1.82, 2.24) is 14.9 Å². The van der Waals surface area contributed by atoms with Crippen molar-refractivity contribution in [1.29, 1.82) is 0 Å². The van der Waals surface area contributed by atoms with Crippen LogP contribution in [0, 0.1) is 0 Å². The van der Waals surface area contributed by atoms with E-state index in [1.807, 2.05) is 24.3 Å². The van der Waals surface area contributed by atoms with E-state index in [9.17, 15) is 4.79 Å². The van der Waals surface area contributed by atoms with Crippen LogP contribution >= 0.6 is 0 Å². The lowest BCUT2D eigenvalue weighted by atomic mass is 10.3. The van der Waals surface area contributed by atoms with Crippen LogP contribution in [0.4, 0.5) is 5.95 Å². The number of carbonyl (C=O) groups is 1. The molecule has 0 radical (unpaired) electrons. The summed E-state index contributed by atoms with van der Waals surface area (Å²) < 4.78 is 2.10. The highest BCUT2D eigenvalue weighted by Gasteiger charge is 2.27. The molecule has 5 heteroatoms. The second-order valence-corrected chi connectivity index (χ2v) is 4.13. The first-order chi connectivity index (χ1) is 8.31. The molecule has 5 nitrogen and oxygen atoms in total. The molecule has 0 atom stereocenters. The van der Waals surface area contributed by atoms with Gasteiger partial charge >= 0.3 is 0 Å². The number of nitrogens with one attached hydrogen (secondary N) is 1. The first kappa shape index (κ1) is 10.3. The van der Waals surface area contributed by atoms with E-state index in [0.717, 1.165) is 23.5 Å². The predicted molar refractivity (Wildman–Crippen MR) is 66.0 cm³/mol. The zero-order valence-corrected chi connectivity index (χ0v) is 9.68. The second-order valence-electron chi connectivity index (χ2n) is 4.13. The zero-order chi connectivity index (χ0) is 11.8. The standard InChI is InChI=1S/C12H14N4O/c1-13-8-11(17)16-7-6-15-10-5-3-2-4-9(10)14-12(15)16/h2-5,13H,6-8H2,1H3. The van der Waals surface area contributed by atoms with E-state index < -0.39 is 0 Å². The summed E-state index contributed by atoms with van der Waals surface area (Å²) in [5, 5.41) is 2.88. The number of carbonyl (C=O) groups excluding carboxylic acids is 1. The van der Waals surface area contributed by atoms with E-state index in [-0.39, 0.29) is 5.91 Å². The van der Waals surface area contributed by atoms with Gasteiger partial charge in [-0.1, -0.05) is 12.1 Å². The molecular weight excluding hydrogens is 216 g/mol. The number of benzene rings is 1. The quantitative estimate of drug-likeness (QED) is 0.822. The van der Waals surface area contributed by atoms with Crippen LogP contribution in [0.25, 0.3) is 11.0 Å². The van der Waals surface area contributed by atoms with Gasteiger partial charge in [-0.05, 0) is 19.2 Å². The van der Waals surface area contributed by atoms with Crippen LogP contribution in [0.2, 0.25) is 0 Å². The van der Waals surface area contributed by atoms with Gasteiger partial charge in [0.15, 0.2) is 0 Å². The van der Waals surface area contributed by atoms with Gasteiger partial charge in [0.05, 0.1) is 17.6 Å². The average molecular weight is 230 g/mol. The molecule has 1 aliphatic heterocycles. The van der Waals surface area contributed by atoms with Crippen LogP contribution in [0.5, 0.6) is 0 Å². The Kier molecular flexibility index (Phi) is 2.33. The highest BCUT2D eigenvalue weighted by atomic mass is 16.2. The lowest BCUT2D eigenvalue weighted by Crippen LogP contribution is -2.36. The molecule has 0 aliphatic carbocycles. The molecule has 17 heavy (non-hydrogen) atoms. The Hall–Kier alpha value is -1.88. The van der Waals surface area contributed by atoms with Gasteiger partial charge in [-0.25, -0.2) is 4.98 Å². The Balaban J connectivity index is 2.05. The van der Waals surface area contributed by atoms with Crippen LogP contribution in [0.1, 0.15) is 0 Å². The number of rotatable bonds is 2. The number of imidazole rings is 1. The van der Waals surface area contributed by atoms with Gasteiger partial charge in [-0.15, -0.1) is 0 Å². The fraction of sp³-hybridized carbons (Fsp3) is 0.333. The molecule has 0 saturated carbocycles. The summed E-state index contributed by atoms with van der Waals surface area (Å²) in [5.41, 5.74) is 2.05. The van der Waals surface area contributed by atoms with E-state index in [1.54, 1.807) is 11.9 Å². The van der Waals surface area contributed by atoms with E-state index in [4.69, 9.17) is 0 Å². The number of hydrogen-bond donors (Lipinski definition) is 1. The second kappa shape index (κ2) is 3.85. The lowest BCUT2D eigenvalue weighted by molar-refractivity contribution is -0.117. The monoisotopic (exact) mass is 230 g/mol. The lowest BCUT2D eigenvalue weighted by Gasteiger charge is -2.12. The van der Waals surface area contributed by atoms with Gasteiger partial charge in [0.1, 0.15) is 0 Å². The Morgan fingerprint density at radius 2 is 2.24 bits per heavy atom. The normalized spacial score (nSPS) is 14.3. The van der Waals surface area contributed by atoms with Gasteiger partial charge in [0.25, 0.3) is 0 Å². The van der Waals surface area contributed by atoms with E-state index >= 15 is 0 Å². The Bertz CT molecular complexity index is 575. The highest BCUT2D eigenvalue weighted by molar-refractivity contribution is 5.96. The number of amides is 1. The average Bonchev–Trinajstić information content (AvgIpc) is 2.87. The number of anilines is 1. The number of para-hydroxylation sites is 2. The molecular formula is C12H14N4O. The molecule has 1 N–H and O–H groups in total. The first-order valence-corrected chi connectivity index (χ1v) is 5.71. The minimum atomic E-state index is 0.0709. The summed E-state index contributed by atoms with van der Waals surface area (Å²) in [6.07, 6.45) is 0. The van der Waals surface area contributed by atoms with Crippen molar-refractivity contribution in [2.75, 3.05) is 25.0 Å². The fourth-order valence-electron chi connectivity index (χ4n) is 2.27. The van der Waals surface area contributed by atoms with Crippen LogP contribution in [-0.2, 0) is 11.3 Å². The molecule has 1 amide bonds. The summed E-state index contributed by atoms with van der Waals surface area (Å²) in [6, 6.07) is 7.97. The van der Waals surface area contributed by atoms with Crippen LogP contribution in [0.3, 0.4) is 0 Å². The Morgan fingerprint density at radius 1 is 1.41 bits per heavy atom. The molecule has 1 aliphatic rings. The summed E-state index contributed by atoms with van der Waals surface area (Å²) in [4.78, 5) is 18.2. The van der Waals surface area contributed by atoms with Gasteiger partial charge < -0.3 is 9.88 Å². The molecule has 0 unspecified atom stereocenters. The molecule has 2 aromatic rings. The van der Waals surface area contributed by atoms with Crippen molar-refractivity contribution in [3.8, 4) is 0 Å². The molecule has 0 spiro atoms. The molecule has 0 fully saturated rings. The molecule has 0 bridgehead atoms. The maximum atomic E-state index is 11.9. The van der Waals surface area contributed by atoms with E-state index in [1.165, 1.54) is 0 Å². The number of fused-ring (bicyclic) bond motifs is 3. The van der Waals surface area contributed by atoms with Gasteiger partial charge in [0, 0.05) is 13.1 Å². The number of likely N-dealkylation sites (N-methyl/N-ethyl adjacent to an activating group) is 1. The van der Waals surface area contributed by atoms with Crippen molar-refractivity contribution < 1.29 is 4.79 Å². The van der Waals surface area contributed by atoms with Gasteiger partial charge in [-0.3, -0.25) is 9.69 Å². The largest absolute Gasteiger partial charge is 0.311 e. The van der Waals surface area contributed by atoms with Crippen molar-refractivity contribution in [3.05, 3.63) is 24.3 Å². The summed E-state index contributed by atoms with van der Waals surface area (Å²) in [6.45, 7) is 1.89.